The molecular formula is C18H17NO4. The highest BCUT2D eigenvalue weighted by molar-refractivity contribution is 6.04. The van der Waals surface area contributed by atoms with E-state index in [4.69, 9.17) is 9.84 Å². The van der Waals surface area contributed by atoms with Gasteiger partial charge >= 0.3 is 5.97 Å². The van der Waals surface area contributed by atoms with E-state index in [1.807, 2.05) is 31.1 Å². The number of hydrogen-bond acceptors (Lipinski definition) is 4. The Hall–Kier alpha value is -2.82. The molecule has 2 aromatic rings. The lowest BCUT2D eigenvalue weighted by atomic mass is 9.88. The van der Waals surface area contributed by atoms with Crippen LogP contribution in [0.3, 0.4) is 0 Å². The van der Waals surface area contributed by atoms with Gasteiger partial charge < -0.3 is 14.7 Å². The van der Waals surface area contributed by atoms with E-state index in [-0.39, 0.29) is 18.0 Å². The second-order valence-corrected chi connectivity index (χ2v) is 5.73. The summed E-state index contributed by atoms with van der Waals surface area (Å²) >= 11 is 0. The van der Waals surface area contributed by atoms with Crippen LogP contribution in [0.4, 0.5) is 5.69 Å². The molecule has 5 heteroatoms. The molecule has 0 radical (unpaired) electrons. The van der Waals surface area contributed by atoms with E-state index in [1.54, 1.807) is 18.2 Å². The van der Waals surface area contributed by atoms with Crippen molar-refractivity contribution in [3.05, 3.63) is 59.2 Å². The number of carbonyl (C=O) groups excluding carboxylic acids is 1. The largest absolute Gasteiger partial charge is 0.492 e. The molecule has 1 aliphatic heterocycles. The van der Waals surface area contributed by atoms with Gasteiger partial charge in [-0.05, 0) is 29.8 Å². The normalized spacial score (nSPS) is 16.4. The molecule has 0 aliphatic carbocycles. The second-order valence-electron chi connectivity index (χ2n) is 5.73. The summed E-state index contributed by atoms with van der Waals surface area (Å²) in [6, 6.07) is 11.9. The Morgan fingerprint density at radius 1 is 1.17 bits per heavy atom. The Morgan fingerprint density at radius 2 is 1.87 bits per heavy atom. The maximum absolute atomic E-state index is 12.7. The van der Waals surface area contributed by atoms with E-state index < -0.39 is 11.9 Å². The molecule has 0 spiro atoms. The molecular weight excluding hydrogens is 294 g/mol. The number of Topliss-reactive ketones (excluding diaryl/α,β-unsaturated/α-hetero) is 1. The number of ketones is 1. The predicted molar refractivity (Wildman–Crippen MR) is 86.7 cm³/mol. The third kappa shape index (κ3) is 2.77. The summed E-state index contributed by atoms with van der Waals surface area (Å²) < 4.78 is 5.77. The number of carbonyl (C=O) groups is 2. The van der Waals surface area contributed by atoms with Gasteiger partial charge in [-0.25, -0.2) is 4.79 Å². The monoisotopic (exact) mass is 311 g/mol. The lowest BCUT2D eigenvalue weighted by Gasteiger charge is -2.26. The molecule has 3 rings (SSSR count). The van der Waals surface area contributed by atoms with Gasteiger partial charge in [0.05, 0.1) is 17.0 Å². The molecule has 0 bridgehead atoms. The Balaban J connectivity index is 1.90. The number of fused-ring (bicyclic) bond motifs is 1. The van der Waals surface area contributed by atoms with Crippen molar-refractivity contribution in [1.82, 2.24) is 0 Å². The van der Waals surface area contributed by atoms with E-state index in [1.165, 1.54) is 12.1 Å². The number of benzene rings is 2. The number of ether oxygens (including phenoxy) is 1. The fraction of sp³-hybridized carbons (Fsp3) is 0.222. The van der Waals surface area contributed by atoms with Crippen LogP contribution in [0.15, 0.2) is 42.5 Å². The van der Waals surface area contributed by atoms with E-state index in [9.17, 15) is 9.59 Å². The van der Waals surface area contributed by atoms with Crippen molar-refractivity contribution < 1.29 is 19.4 Å². The molecule has 5 nitrogen and oxygen atoms in total. The smallest absolute Gasteiger partial charge is 0.335 e. The van der Waals surface area contributed by atoms with Crippen molar-refractivity contribution in [2.24, 2.45) is 0 Å². The lowest BCUT2D eigenvalue weighted by molar-refractivity contribution is 0.0696. The average molecular weight is 311 g/mol. The molecule has 1 atom stereocenters. The first kappa shape index (κ1) is 15.1. The summed E-state index contributed by atoms with van der Waals surface area (Å²) in [5.74, 6) is -0.792. The quantitative estimate of drug-likeness (QED) is 0.944. The first-order chi connectivity index (χ1) is 11.0. The zero-order valence-electron chi connectivity index (χ0n) is 12.9. The first-order valence-electron chi connectivity index (χ1n) is 7.29. The van der Waals surface area contributed by atoms with Crippen LogP contribution >= 0.6 is 0 Å². The van der Waals surface area contributed by atoms with Gasteiger partial charge in [-0.1, -0.05) is 12.1 Å². The van der Waals surface area contributed by atoms with Gasteiger partial charge in [0.1, 0.15) is 12.4 Å². The molecule has 2 aromatic carbocycles. The van der Waals surface area contributed by atoms with Gasteiger partial charge in [0.2, 0.25) is 0 Å². The standard InChI is InChI=1S/C18H17NO4/c1-19(2)13-7-8-14-16(9-13)23-10-15(17(14)20)11-3-5-12(6-4-11)18(21)22/h3-9,15H,10H2,1-2H3,(H,21,22). The maximum Gasteiger partial charge on any atom is 0.335 e. The highest BCUT2D eigenvalue weighted by Crippen LogP contribution is 2.34. The predicted octanol–water partition coefficient (Wildman–Crippen LogP) is 2.81. The van der Waals surface area contributed by atoms with Crippen LogP contribution in [-0.4, -0.2) is 37.6 Å². The number of carboxylic acid groups (broad SMARTS) is 1. The van der Waals surface area contributed by atoms with Crippen LogP contribution in [0, 0.1) is 0 Å². The SMILES string of the molecule is CN(C)c1ccc2c(c1)OCC(c1ccc(C(=O)O)cc1)C2=O. The van der Waals surface area contributed by atoms with Gasteiger partial charge in [-0.2, -0.15) is 0 Å². The van der Waals surface area contributed by atoms with Crippen molar-refractivity contribution in [3.63, 3.8) is 0 Å². The van der Waals surface area contributed by atoms with Crippen molar-refractivity contribution in [2.75, 3.05) is 25.6 Å². The molecule has 0 amide bonds. The van der Waals surface area contributed by atoms with E-state index in [2.05, 4.69) is 0 Å². The molecule has 0 saturated carbocycles. The van der Waals surface area contributed by atoms with Crippen molar-refractivity contribution in [3.8, 4) is 5.75 Å². The molecule has 0 fully saturated rings. The third-order valence-electron chi connectivity index (χ3n) is 4.03. The summed E-state index contributed by atoms with van der Waals surface area (Å²) in [6.07, 6.45) is 0. The molecule has 1 heterocycles. The summed E-state index contributed by atoms with van der Waals surface area (Å²) in [5, 5.41) is 8.94. The van der Waals surface area contributed by atoms with Crippen LogP contribution in [0.5, 0.6) is 5.75 Å². The van der Waals surface area contributed by atoms with Crippen LogP contribution < -0.4 is 9.64 Å². The number of anilines is 1. The maximum atomic E-state index is 12.7. The van der Waals surface area contributed by atoms with Gasteiger partial charge in [-0.3, -0.25) is 4.79 Å². The molecule has 1 aliphatic rings. The number of nitrogens with zero attached hydrogens (tertiary/aromatic N) is 1. The van der Waals surface area contributed by atoms with Gasteiger partial charge in [-0.15, -0.1) is 0 Å². The number of rotatable bonds is 3. The van der Waals surface area contributed by atoms with Gasteiger partial charge in [0.25, 0.3) is 0 Å². The molecule has 1 unspecified atom stereocenters. The van der Waals surface area contributed by atoms with Crippen LogP contribution in [0.25, 0.3) is 0 Å². The zero-order valence-corrected chi connectivity index (χ0v) is 12.9. The minimum Gasteiger partial charge on any atom is -0.492 e. The van der Waals surface area contributed by atoms with Crippen LogP contribution in [0.1, 0.15) is 32.2 Å². The Labute approximate surface area is 134 Å². The summed E-state index contributed by atoms with van der Waals surface area (Å²) in [5.41, 5.74) is 2.51. The fourth-order valence-corrected chi connectivity index (χ4v) is 2.65. The summed E-state index contributed by atoms with van der Waals surface area (Å²) in [4.78, 5) is 25.6. The third-order valence-corrected chi connectivity index (χ3v) is 4.03. The molecule has 1 N–H and O–H groups in total. The number of aromatic carboxylic acids is 1. The summed E-state index contributed by atoms with van der Waals surface area (Å²) in [6.45, 7) is 0.259. The highest BCUT2D eigenvalue weighted by Gasteiger charge is 2.30. The van der Waals surface area contributed by atoms with E-state index >= 15 is 0 Å². The number of carboxylic acids is 1. The molecule has 23 heavy (non-hydrogen) atoms. The second kappa shape index (κ2) is 5.76. The minimum absolute atomic E-state index is 0.000342. The Morgan fingerprint density at radius 3 is 2.48 bits per heavy atom. The van der Waals surface area contributed by atoms with Crippen LogP contribution in [-0.2, 0) is 0 Å². The van der Waals surface area contributed by atoms with Crippen molar-refractivity contribution in [2.45, 2.75) is 5.92 Å². The topological polar surface area (TPSA) is 66.8 Å². The van der Waals surface area contributed by atoms with Crippen molar-refractivity contribution in [1.29, 1.82) is 0 Å². The molecule has 118 valence electrons. The number of hydrogen-bond donors (Lipinski definition) is 1. The first-order valence-corrected chi connectivity index (χ1v) is 7.29. The summed E-state index contributed by atoms with van der Waals surface area (Å²) in [7, 11) is 3.86. The highest BCUT2D eigenvalue weighted by atomic mass is 16.5. The molecule has 0 saturated heterocycles. The van der Waals surface area contributed by atoms with E-state index in [0.29, 0.717) is 11.3 Å². The van der Waals surface area contributed by atoms with Gasteiger partial charge in [0.15, 0.2) is 5.78 Å². The fourth-order valence-electron chi connectivity index (χ4n) is 2.65. The van der Waals surface area contributed by atoms with Gasteiger partial charge in [0, 0.05) is 25.8 Å². The van der Waals surface area contributed by atoms with Crippen molar-refractivity contribution >= 4 is 17.4 Å². The Bertz CT molecular complexity index is 765. The zero-order chi connectivity index (χ0) is 16.6. The molecule has 0 aromatic heterocycles. The lowest BCUT2D eigenvalue weighted by Crippen LogP contribution is -2.26. The minimum atomic E-state index is -0.982. The van der Waals surface area contributed by atoms with Crippen LogP contribution in [0.2, 0.25) is 0 Å². The Kier molecular flexibility index (Phi) is 3.78. The van der Waals surface area contributed by atoms with E-state index in [0.717, 1.165) is 11.3 Å². The average Bonchev–Trinajstić information content (AvgIpc) is 2.55.